The molecule has 0 radical (unpaired) electrons. The van der Waals surface area contributed by atoms with Crippen LogP contribution in [0.4, 0.5) is 17.5 Å². The first-order valence-corrected chi connectivity index (χ1v) is 19.7. The zero-order valence-electron chi connectivity index (χ0n) is 28.8. The number of hydrogen-bond donors (Lipinski definition) is 2. The Morgan fingerprint density at radius 2 is 1.69 bits per heavy atom. The molecule has 1 saturated carbocycles. The van der Waals surface area contributed by atoms with Gasteiger partial charge in [-0.1, -0.05) is 56.0 Å². The van der Waals surface area contributed by atoms with Gasteiger partial charge in [0.1, 0.15) is 0 Å². The second-order valence-electron chi connectivity index (χ2n) is 13.0. The van der Waals surface area contributed by atoms with Crippen molar-refractivity contribution in [1.82, 2.24) is 30.0 Å². The van der Waals surface area contributed by atoms with Crippen LogP contribution in [0.5, 0.6) is 5.75 Å². The van der Waals surface area contributed by atoms with E-state index in [2.05, 4.69) is 37.3 Å². The molecular formula is C36H48N8O3S2. The number of hydrogen-bond acceptors (Lipinski definition) is 11. The van der Waals surface area contributed by atoms with Crippen LogP contribution in [-0.4, -0.2) is 97.9 Å². The summed E-state index contributed by atoms with van der Waals surface area (Å²) in [5, 5.41) is 11.2. The first kappa shape index (κ1) is 35.2. The van der Waals surface area contributed by atoms with Gasteiger partial charge in [-0.25, -0.2) is 18.4 Å². The van der Waals surface area contributed by atoms with E-state index in [1.54, 1.807) is 19.2 Å². The molecule has 0 spiro atoms. The average molecular weight is 705 g/mol. The van der Waals surface area contributed by atoms with Gasteiger partial charge in [0.05, 0.1) is 17.8 Å². The Kier molecular flexibility index (Phi) is 11.8. The minimum atomic E-state index is -3.48. The maximum atomic E-state index is 13.1. The summed E-state index contributed by atoms with van der Waals surface area (Å²) in [5.74, 6) is 2.40. The lowest BCUT2D eigenvalue weighted by Gasteiger charge is -2.37. The van der Waals surface area contributed by atoms with Gasteiger partial charge in [0.25, 0.3) is 0 Å². The minimum Gasteiger partial charge on any atom is -0.490 e. The van der Waals surface area contributed by atoms with Crippen LogP contribution >= 0.6 is 11.8 Å². The van der Waals surface area contributed by atoms with Gasteiger partial charge in [0.15, 0.2) is 32.4 Å². The molecule has 0 amide bonds. The normalized spacial score (nSPS) is 16.5. The van der Waals surface area contributed by atoms with Crippen LogP contribution < -0.4 is 15.0 Å². The maximum Gasteiger partial charge on any atom is 0.204 e. The van der Waals surface area contributed by atoms with E-state index in [9.17, 15) is 8.42 Å². The third kappa shape index (κ3) is 9.33. The van der Waals surface area contributed by atoms with Crippen molar-refractivity contribution in [2.45, 2.75) is 72.2 Å². The molecule has 2 aromatic carbocycles. The van der Waals surface area contributed by atoms with Crippen molar-refractivity contribution in [3.8, 4) is 5.75 Å². The highest BCUT2D eigenvalue weighted by Gasteiger charge is 2.26. The molecule has 2 aliphatic rings. The number of aromatic amines is 1. The van der Waals surface area contributed by atoms with Crippen molar-refractivity contribution in [3.05, 3.63) is 71.9 Å². The van der Waals surface area contributed by atoms with Gasteiger partial charge in [0.2, 0.25) is 5.75 Å². The van der Waals surface area contributed by atoms with Gasteiger partial charge >= 0.3 is 0 Å². The molecule has 0 atom stereocenters. The molecule has 0 bridgehead atoms. The minimum absolute atomic E-state index is 0.0442. The fourth-order valence-corrected chi connectivity index (χ4v) is 8.72. The van der Waals surface area contributed by atoms with Crippen molar-refractivity contribution in [2.75, 3.05) is 63.6 Å². The van der Waals surface area contributed by atoms with Crippen LogP contribution in [0.2, 0.25) is 0 Å². The van der Waals surface area contributed by atoms with Gasteiger partial charge in [-0.2, -0.15) is 5.10 Å². The summed E-state index contributed by atoms with van der Waals surface area (Å²) in [4.78, 5) is 18.4. The van der Waals surface area contributed by atoms with E-state index in [4.69, 9.17) is 14.7 Å². The number of nitrogens with one attached hydrogen (secondary N) is 2. The molecule has 1 aliphatic heterocycles. The molecule has 262 valence electrons. The van der Waals surface area contributed by atoms with Gasteiger partial charge in [-0.3, -0.25) is 10.00 Å². The number of rotatable bonds is 13. The van der Waals surface area contributed by atoms with Crippen molar-refractivity contribution >= 4 is 39.1 Å². The number of H-pyrrole nitrogens is 1. The first-order valence-electron chi connectivity index (χ1n) is 17.2. The lowest BCUT2D eigenvalue weighted by Crippen LogP contribution is -2.49. The highest BCUT2D eigenvalue weighted by molar-refractivity contribution is 7.99. The van der Waals surface area contributed by atoms with Crippen molar-refractivity contribution in [3.63, 3.8) is 0 Å². The molecule has 49 heavy (non-hydrogen) atoms. The number of anilines is 3. The molecule has 1 saturated heterocycles. The average Bonchev–Trinajstić information content (AvgIpc) is 3.32. The zero-order chi connectivity index (χ0) is 34.2. The molecule has 1 aliphatic carbocycles. The quantitative estimate of drug-likeness (QED) is 0.123. The predicted octanol–water partition coefficient (Wildman–Crippen LogP) is 6.16. The number of benzene rings is 2. The number of methoxy groups -OCH3 is 1. The lowest BCUT2D eigenvalue weighted by atomic mass is 10.1. The predicted molar refractivity (Wildman–Crippen MR) is 196 cm³/mol. The molecule has 2 aromatic heterocycles. The third-order valence-electron chi connectivity index (χ3n) is 9.46. The molecule has 6 rings (SSSR count). The summed E-state index contributed by atoms with van der Waals surface area (Å²) in [7, 11) is 0.455. The summed E-state index contributed by atoms with van der Waals surface area (Å²) in [6.45, 7) is 7.61. The van der Waals surface area contributed by atoms with Crippen LogP contribution in [0, 0.1) is 6.92 Å². The van der Waals surface area contributed by atoms with Crippen LogP contribution in [-0.2, 0) is 15.6 Å². The monoisotopic (exact) mass is 704 g/mol. The molecule has 11 nitrogen and oxygen atoms in total. The Bertz CT molecular complexity index is 1750. The smallest absolute Gasteiger partial charge is 0.204 e. The summed E-state index contributed by atoms with van der Waals surface area (Å²) in [5.41, 5.74) is 1.68. The molecule has 0 unspecified atom stereocenters. The van der Waals surface area contributed by atoms with Gasteiger partial charge in [-0.15, -0.1) is 0 Å². The standard InChI is InChI=1S/C36H48N8O3S2/c1-27-25-32(41-40-27)37-34-33(47-3)35(44-23-21-43(22-24-44)20-19-42(2)29-13-9-4-5-10-14-29)39-36(38-34)48-30-15-17-31(18-16-30)49(45,46)26-28-11-7-6-8-12-28/h6-8,11-12,15-18,25,29H,4-5,9-10,13-14,19-24,26H2,1-3H3,(H2,37,38,39,40,41). The second kappa shape index (κ2) is 16.4. The van der Waals surface area contributed by atoms with E-state index in [1.165, 1.54) is 50.3 Å². The Morgan fingerprint density at radius 3 is 2.35 bits per heavy atom. The first-order chi connectivity index (χ1) is 23.8. The number of aryl methyl sites for hydroxylation is 1. The number of aromatic nitrogens is 4. The maximum absolute atomic E-state index is 13.1. The Labute approximate surface area is 294 Å². The topological polar surface area (TPSA) is 120 Å². The summed E-state index contributed by atoms with van der Waals surface area (Å²) in [6.07, 6.45) is 8.11. The zero-order valence-corrected chi connectivity index (χ0v) is 30.4. The number of piperazine rings is 1. The Morgan fingerprint density at radius 1 is 0.980 bits per heavy atom. The van der Waals surface area contributed by atoms with Gasteiger partial charge in [-0.05, 0) is 68.4 Å². The van der Waals surface area contributed by atoms with E-state index in [0.29, 0.717) is 28.6 Å². The van der Waals surface area contributed by atoms with Crippen LogP contribution in [0.1, 0.15) is 49.8 Å². The highest BCUT2D eigenvalue weighted by atomic mass is 32.2. The van der Waals surface area contributed by atoms with Crippen molar-refractivity contribution < 1.29 is 13.2 Å². The van der Waals surface area contributed by atoms with Crippen molar-refractivity contribution in [2.24, 2.45) is 0 Å². The van der Waals surface area contributed by atoms with Crippen LogP contribution in [0.3, 0.4) is 0 Å². The molecule has 4 aromatic rings. The molecular weight excluding hydrogens is 657 g/mol. The molecule has 3 heterocycles. The van der Waals surface area contributed by atoms with E-state index in [1.807, 2.05) is 55.5 Å². The fourth-order valence-electron chi connectivity index (χ4n) is 6.62. The summed E-state index contributed by atoms with van der Waals surface area (Å²) < 4.78 is 32.1. The molecule has 13 heteroatoms. The van der Waals surface area contributed by atoms with Crippen molar-refractivity contribution in [1.29, 1.82) is 0 Å². The SMILES string of the molecule is COc1c(Nc2cc(C)[nH]n2)nc(Sc2ccc(S(=O)(=O)Cc3ccccc3)cc2)nc1N1CCN(CCN(C)C2CCCCCC2)CC1. The Hall–Kier alpha value is -3.65. The molecule has 2 N–H and O–H groups in total. The number of sulfone groups is 1. The van der Waals surface area contributed by atoms with Gasteiger partial charge < -0.3 is 19.9 Å². The number of likely N-dealkylation sites (N-methyl/N-ethyl adjacent to an activating group) is 1. The fraction of sp³-hybridized carbons (Fsp3) is 0.472. The summed E-state index contributed by atoms with van der Waals surface area (Å²) in [6, 6.07) is 18.8. The van der Waals surface area contributed by atoms with E-state index < -0.39 is 9.84 Å². The molecule has 2 fully saturated rings. The van der Waals surface area contributed by atoms with Crippen LogP contribution in [0.25, 0.3) is 0 Å². The second-order valence-corrected chi connectivity index (χ2v) is 16.1. The Balaban J connectivity index is 1.17. The van der Waals surface area contributed by atoms with E-state index >= 15 is 0 Å². The summed E-state index contributed by atoms with van der Waals surface area (Å²) >= 11 is 1.38. The van der Waals surface area contributed by atoms with Gasteiger partial charge in [0, 0.05) is 62.0 Å². The highest BCUT2D eigenvalue weighted by Crippen LogP contribution is 2.38. The number of ether oxygens (including phenoxy) is 1. The lowest BCUT2D eigenvalue weighted by molar-refractivity contribution is 0.172. The number of nitrogens with zero attached hydrogens (tertiary/aromatic N) is 6. The largest absolute Gasteiger partial charge is 0.490 e. The van der Waals surface area contributed by atoms with E-state index in [-0.39, 0.29) is 10.6 Å². The third-order valence-corrected chi connectivity index (χ3v) is 12.0. The van der Waals surface area contributed by atoms with Crippen LogP contribution in [0.15, 0.2) is 75.6 Å². The van der Waals surface area contributed by atoms with E-state index in [0.717, 1.165) is 61.2 Å².